The smallest absolute Gasteiger partial charge is 0.418 e. The lowest BCUT2D eigenvalue weighted by atomic mass is 9.98. The number of halogens is 5. The van der Waals surface area contributed by atoms with Gasteiger partial charge < -0.3 is 14.4 Å². The lowest BCUT2D eigenvalue weighted by molar-refractivity contribution is -0.136. The summed E-state index contributed by atoms with van der Waals surface area (Å²) in [5.41, 5.74) is 0.674. The Kier molecular flexibility index (Phi) is 7.80. The van der Waals surface area contributed by atoms with Crippen LogP contribution in [0.2, 0.25) is 10.0 Å². The molecule has 0 saturated heterocycles. The monoisotopic (exact) mass is 579 g/mol. The molecule has 4 aromatic rings. The molecule has 0 radical (unpaired) electrons. The minimum Gasteiger partial charge on any atom is -0.478 e. The fraction of sp³-hybridized carbons (Fsp3) is 0.333. The molecule has 1 fully saturated rings. The minimum absolute atomic E-state index is 0.181. The summed E-state index contributed by atoms with van der Waals surface area (Å²) in [6, 6.07) is 3.48. The second kappa shape index (κ2) is 11.1. The van der Waals surface area contributed by atoms with Crippen LogP contribution in [0.5, 0.6) is 0 Å². The molecule has 204 valence electrons. The molecule has 3 heterocycles. The van der Waals surface area contributed by atoms with Crippen LogP contribution < -0.4 is 0 Å². The highest BCUT2D eigenvalue weighted by Crippen LogP contribution is 2.46. The Labute approximate surface area is 230 Å². The number of unbranched alkanes of at least 4 members (excludes halogenated alkanes) is 1. The Morgan fingerprint density at radius 1 is 1.15 bits per heavy atom. The third-order valence-corrected chi connectivity index (χ3v) is 7.15. The van der Waals surface area contributed by atoms with Crippen LogP contribution in [0.3, 0.4) is 0 Å². The Hall–Kier alpha value is -3.21. The number of carboxylic acid groups (broad SMARTS) is 1. The maximum atomic E-state index is 13.6. The number of aromatic nitrogens is 3. The van der Waals surface area contributed by atoms with Crippen LogP contribution >= 0.6 is 23.2 Å². The molecule has 7 nitrogen and oxygen atoms in total. The highest BCUT2D eigenvalue weighted by Gasteiger charge is 2.35. The first-order chi connectivity index (χ1) is 18.6. The van der Waals surface area contributed by atoms with Gasteiger partial charge >= 0.3 is 12.1 Å². The van der Waals surface area contributed by atoms with E-state index < -0.39 is 23.3 Å². The number of carbonyl (C=O) groups is 1. The zero-order valence-corrected chi connectivity index (χ0v) is 21.9. The third-order valence-electron chi connectivity index (χ3n) is 6.58. The van der Waals surface area contributed by atoms with E-state index in [1.54, 1.807) is 6.07 Å². The molecule has 1 aliphatic rings. The van der Waals surface area contributed by atoms with Gasteiger partial charge in [0.1, 0.15) is 11.5 Å². The number of pyridine rings is 2. The van der Waals surface area contributed by atoms with Gasteiger partial charge in [-0.1, -0.05) is 28.4 Å². The summed E-state index contributed by atoms with van der Waals surface area (Å²) in [7, 11) is 0. The number of benzene rings is 1. The van der Waals surface area contributed by atoms with Crippen molar-refractivity contribution in [2.24, 2.45) is 0 Å². The van der Waals surface area contributed by atoms with Crippen molar-refractivity contribution < 1.29 is 32.3 Å². The zero-order valence-electron chi connectivity index (χ0n) is 20.4. The Morgan fingerprint density at radius 2 is 1.90 bits per heavy atom. The normalized spacial score (nSPS) is 13.8. The number of aromatic carboxylic acids is 1. The molecular formula is C27H22Cl2F3N3O4. The number of alkyl halides is 3. The van der Waals surface area contributed by atoms with E-state index in [1.165, 1.54) is 24.7 Å². The molecule has 0 unspecified atom stereocenters. The molecule has 0 amide bonds. The van der Waals surface area contributed by atoms with Crippen LogP contribution in [0.25, 0.3) is 22.2 Å². The van der Waals surface area contributed by atoms with Gasteiger partial charge in [0.25, 0.3) is 0 Å². The van der Waals surface area contributed by atoms with Crippen molar-refractivity contribution in [3.63, 3.8) is 0 Å². The van der Waals surface area contributed by atoms with Crippen molar-refractivity contribution in [3.05, 3.63) is 74.8 Å². The highest BCUT2D eigenvalue weighted by molar-refractivity contribution is 6.38. The van der Waals surface area contributed by atoms with Crippen molar-refractivity contribution in [1.82, 2.24) is 15.1 Å². The standard InChI is InChI=1S/C27H22Cl2F3N3O4/c28-20-11-33-12-21(29)22(20)24-18(25(39-35-24)15-4-5-15)13-38-8-2-1-3-14-6-7-34-23-17(14)9-16(26(36)37)10-19(23)27(30,31)32/h6-7,9-12,15H,1-5,8,13H2,(H,36,37). The van der Waals surface area contributed by atoms with Crippen molar-refractivity contribution >= 4 is 40.1 Å². The Morgan fingerprint density at radius 3 is 2.56 bits per heavy atom. The summed E-state index contributed by atoms with van der Waals surface area (Å²) in [5.74, 6) is -0.396. The number of aryl methyl sites for hydroxylation is 1. The number of carboxylic acids is 1. The third kappa shape index (κ3) is 5.88. The summed E-state index contributed by atoms with van der Waals surface area (Å²) in [4.78, 5) is 19.3. The molecule has 3 aromatic heterocycles. The van der Waals surface area contributed by atoms with E-state index in [9.17, 15) is 23.1 Å². The lowest BCUT2D eigenvalue weighted by Gasteiger charge is -2.13. The van der Waals surface area contributed by atoms with Gasteiger partial charge in [0.2, 0.25) is 0 Å². The fourth-order valence-electron chi connectivity index (χ4n) is 4.52. The molecule has 1 saturated carbocycles. The second-order valence-corrected chi connectivity index (χ2v) is 10.1. The van der Waals surface area contributed by atoms with Crippen LogP contribution in [0.15, 0.2) is 41.3 Å². The molecule has 0 spiro atoms. The maximum Gasteiger partial charge on any atom is 0.418 e. The minimum atomic E-state index is -4.73. The van der Waals surface area contributed by atoms with Crippen LogP contribution in [0.4, 0.5) is 13.2 Å². The Bertz CT molecular complexity index is 1520. The number of ether oxygens (including phenoxy) is 1. The fourth-order valence-corrected chi connectivity index (χ4v) is 5.07. The second-order valence-electron chi connectivity index (χ2n) is 9.33. The van der Waals surface area contributed by atoms with E-state index in [-0.39, 0.29) is 23.4 Å². The van der Waals surface area contributed by atoms with Gasteiger partial charge in [0.05, 0.1) is 33.3 Å². The van der Waals surface area contributed by atoms with E-state index in [0.29, 0.717) is 58.8 Å². The Balaban J connectivity index is 1.26. The summed E-state index contributed by atoms with van der Waals surface area (Å²) >= 11 is 12.7. The van der Waals surface area contributed by atoms with Gasteiger partial charge in [-0.2, -0.15) is 13.2 Å². The lowest BCUT2D eigenvalue weighted by Crippen LogP contribution is -2.10. The number of hydrogen-bond donors (Lipinski definition) is 1. The van der Waals surface area contributed by atoms with Crippen LogP contribution in [0.1, 0.15) is 64.4 Å². The van der Waals surface area contributed by atoms with E-state index in [2.05, 4.69) is 15.1 Å². The van der Waals surface area contributed by atoms with E-state index in [1.807, 2.05) is 0 Å². The van der Waals surface area contributed by atoms with Crippen LogP contribution in [-0.2, 0) is 23.9 Å². The largest absolute Gasteiger partial charge is 0.478 e. The van der Waals surface area contributed by atoms with Gasteiger partial charge in [-0.05, 0) is 55.9 Å². The van der Waals surface area contributed by atoms with Crippen molar-refractivity contribution in [2.75, 3.05) is 6.61 Å². The number of hydrogen-bond acceptors (Lipinski definition) is 6. The number of rotatable bonds is 10. The predicted octanol–water partition coefficient (Wildman–Crippen LogP) is 7.73. The molecular weight excluding hydrogens is 558 g/mol. The summed E-state index contributed by atoms with van der Waals surface area (Å²) in [6.45, 7) is 0.610. The van der Waals surface area contributed by atoms with E-state index in [4.69, 9.17) is 32.5 Å². The van der Waals surface area contributed by atoms with E-state index in [0.717, 1.165) is 24.2 Å². The van der Waals surface area contributed by atoms with Crippen molar-refractivity contribution in [2.45, 2.75) is 50.8 Å². The molecule has 1 N–H and O–H groups in total. The highest BCUT2D eigenvalue weighted by atomic mass is 35.5. The molecule has 1 aromatic carbocycles. The van der Waals surface area contributed by atoms with Crippen molar-refractivity contribution in [3.8, 4) is 11.3 Å². The topological polar surface area (TPSA) is 98.3 Å². The van der Waals surface area contributed by atoms with Crippen molar-refractivity contribution in [1.29, 1.82) is 0 Å². The van der Waals surface area contributed by atoms with Crippen LogP contribution in [0, 0.1) is 0 Å². The molecule has 39 heavy (non-hydrogen) atoms. The SMILES string of the molecule is O=C(O)c1cc(C(F)(F)F)c2nccc(CCCCOCc3c(-c4c(Cl)cncc4Cl)noc3C3CC3)c2c1. The summed E-state index contributed by atoms with van der Waals surface area (Å²) in [6.07, 6.45) is 3.20. The van der Waals surface area contributed by atoms with Gasteiger partial charge in [-0.15, -0.1) is 0 Å². The average Bonchev–Trinajstić information content (AvgIpc) is 3.65. The maximum absolute atomic E-state index is 13.6. The zero-order chi connectivity index (χ0) is 27.7. The molecule has 1 aliphatic carbocycles. The summed E-state index contributed by atoms with van der Waals surface area (Å²) < 4.78 is 52.3. The number of fused-ring (bicyclic) bond motifs is 1. The summed E-state index contributed by atoms with van der Waals surface area (Å²) in [5, 5.41) is 14.4. The van der Waals surface area contributed by atoms with Gasteiger partial charge in [-0.3, -0.25) is 9.97 Å². The molecule has 12 heteroatoms. The first kappa shape index (κ1) is 27.4. The van der Waals surface area contributed by atoms with Gasteiger partial charge in [-0.25, -0.2) is 4.79 Å². The average molecular weight is 580 g/mol. The van der Waals surface area contributed by atoms with Gasteiger partial charge in [0.15, 0.2) is 0 Å². The molecule has 5 rings (SSSR count). The van der Waals surface area contributed by atoms with E-state index >= 15 is 0 Å². The van der Waals surface area contributed by atoms with Gasteiger partial charge in [0, 0.05) is 47.6 Å². The van der Waals surface area contributed by atoms with Crippen LogP contribution in [-0.4, -0.2) is 32.8 Å². The first-order valence-corrected chi connectivity index (χ1v) is 13.0. The quantitative estimate of drug-likeness (QED) is 0.192. The molecule has 0 aliphatic heterocycles. The first-order valence-electron chi connectivity index (χ1n) is 12.2. The molecule has 0 atom stereocenters. The number of nitrogens with zero attached hydrogens (tertiary/aromatic N) is 3. The molecule has 0 bridgehead atoms. The predicted molar refractivity (Wildman–Crippen MR) is 138 cm³/mol.